The molecule has 3 rings (SSSR count). The Hall–Kier alpha value is -2.34. The minimum atomic E-state index is 0.661. The SMILES string of the molecule is C=CCn1c(SCc2cc(C)no2)nnc1-c1cccc(C)c1. The molecule has 23 heavy (non-hydrogen) atoms. The van der Waals surface area contributed by atoms with Gasteiger partial charge >= 0.3 is 0 Å². The van der Waals surface area contributed by atoms with Crippen molar-refractivity contribution >= 4 is 11.8 Å². The second-order valence-corrected chi connectivity index (χ2v) is 6.24. The van der Waals surface area contributed by atoms with Crippen LogP contribution in [0.5, 0.6) is 0 Å². The van der Waals surface area contributed by atoms with Gasteiger partial charge in [0.05, 0.1) is 11.4 Å². The van der Waals surface area contributed by atoms with Crippen molar-refractivity contribution in [2.75, 3.05) is 0 Å². The molecule has 0 spiro atoms. The Morgan fingerprint density at radius 2 is 2.13 bits per heavy atom. The summed E-state index contributed by atoms with van der Waals surface area (Å²) in [5.41, 5.74) is 3.14. The van der Waals surface area contributed by atoms with Gasteiger partial charge < -0.3 is 4.52 Å². The summed E-state index contributed by atoms with van der Waals surface area (Å²) in [6, 6.07) is 10.2. The van der Waals surface area contributed by atoms with Crippen LogP contribution in [0.1, 0.15) is 17.0 Å². The highest BCUT2D eigenvalue weighted by Crippen LogP contribution is 2.27. The standard InChI is InChI=1S/C17H18N4OS/c1-4-8-21-16(14-7-5-6-12(2)9-14)18-19-17(21)23-11-15-10-13(3)20-22-15/h4-7,9-10H,1,8,11H2,2-3H3. The maximum absolute atomic E-state index is 5.24. The summed E-state index contributed by atoms with van der Waals surface area (Å²) in [5.74, 6) is 2.35. The van der Waals surface area contributed by atoms with E-state index in [-0.39, 0.29) is 0 Å². The van der Waals surface area contributed by atoms with Crippen LogP contribution in [0, 0.1) is 13.8 Å². The Labute approximate surface area is 139 Å². The molecule has 0 N–H and O–H groups in total. The molecule has 2 heterocycles. The van der Waals surface area contributed by atoms with Gasteiger partial charge in [-0.05, 0) is 19.9 Å². The molecule has 118 valence electrons. The molecular weight excluding hydrogens is 308 g/mol. The van der Waals surface area contributed by atoms with Gasteiger partial charge in [-0.15, -0.1) is 16.8 Å². The lowest BCUT2D eigenvalue weighted by Crippen LogP contribution is -2.00. The zero-order valence-corrected chi connectivity index (χ0v) is 14.0. The van der Waals surface area contributed by atoms with Crippen molar-refractivity contribution < 1.29 is 4.52 Å². The Morgan fingerprint density at radius 3 is 2.83 bits per heavy atom. The average molecular weight is 326 g/mol. The first-order chi connectivity index (χ1) is 11.2. The molecule has 0 aliphatic rings. The quantitative estimate of drug-likeness (QED) is 0.505. The summed E-state index contributed by atoms with van der Waals surface area (Å²) in [4.78, 5) is 0. The third-order valence-corrected chi connectivity index (χ3v) is 4.31. The van der Waals surface area contributed by atoms with Gasteiger partial charge in [-0.25, -0.2) is 0 Å². The third kappa shape index (κ3) is 3.53. The van der Waals surface area contributed by atoms with E-state index in [1.807, 2.05) is 31.2 Å². The summed E-state index contributed by atoms with van der Waals surface area (Å²) >= 11 is 1.58. The molecule has 3 aromatic rings. The lowest BCUT2D eigenvalue weighted by molar-refractivity contribution is 0.391. The maximum atomic E-state index is 5.24. The lowest BCUT2D eigenvalue weighted by atomic mass is 10.1. The molecule has 0 atom stereocenters. The number of allylic oxidation sites excluding steroid dienone is 1. The van der Waals surface area contributed by atoms with Crippen LogP contribution in [0.25, 0.3) is 11.4 Å². The Kier molecular flexibility index (Phi) is 4.62. The van der Waals surface area contributed by atoms with Gasteiger partial charge in [0.25, 0.3) is 0 Å². The van der Waals surface area contributed by atoms with Gasteiger partial charge in [0.2, 0.25) is 0 Å². The van der Waals surface area contributed by atoms with Crippen molar-refractivity contribution in [1.82, 2.24) is 19.9 Å². The van der Waals surface area contributed by atoms with Crippen LogP contribution in [0.15, 0.2) is 52.7 Å². The maximum Gasteiger partial charge on any atom is 0.192 e. The number of hydrogen-bond donors (Lipinski definition) is 0. The van der Waals surface area contributed by atoms with E-state index in [1.165, 1.54) is 5.56 Å². The van der Waals surface area contributed by atoms with E-state index in [2.05, 4.69) is 45.6 Å². The first-order valence-corrected chi connectivity index (χ1v) is 8.32. The largest absolute Gasteiger partial charge is 0.360 e. The first kappa shape index (κ1) is 15.6. The Balaban J connectivity index is 1.87. The zero-order valence-electron chi connectivity index (χ0n) is 13.2. The van der Waals surface area contributed by atoms with Gasteiger partial charge in [-0.2, -0.15) is 0 Å². The van der Waals surface area contributed by atoms with Crippen molar-refractivity contribution in [3.8, 4) is 11.4 Å². The number of nitrogens with zero attached hydrogens (tertiary/aromatic N) is 4. The summed E-state index contributed by atoms with van der Waals surface area (Å²) in [7, 11) is 0. The fourth-order valence-corrected chi connectivity index (χ4v) is 3.13. The first-order valence-electron chi connectivity index (χ1n) is 7.33. The summed E-state index contributed by atoms with van der Waals surface area (Å²) < 4.78 is 7.31. The van der Waals surface area contributed by atoms with Gasteiger partial charge in [0.1, 0.15) is 5.76 Å². The third-order valence-electron chi connectivity index (χ3n) is 3.33. The van der Waals surface area contributed by atoms with Crippen molar-refractivity contribution in [2.24, 2.45) is 0 Å². The molecule has 0 aliphatic carbocycles. The van der Waals surface area contributed by atoms with Crippen LogP contribution in [-0.2, 0) is 12.3 Å². The second-order valence-electron chi connectivity index (χ2n) is 5.30. The van der Waals surface area contributed by atoms with Crippen LogP contribution >= 0.6 is 11.8 Å². The predicted octanol–water partition coefficient (Wildman–Crippen LogP) is 4.03. The van der Waals surface area contributed by atoms with Gasteiger partial charge in [-0.1, -0.05) is 46.8 Å². The molecule has 1 aromatic carbocycles. The van der Waals surface area contributed by atoms with Gasteiger partial charge in [0.15, 0.2) is 11.0 Å². The minimum Gasteiger partial charge on any atom is -0.360 e. The topological polar surface area (TPSA) is 56.7 Å². The van der Waals surface area contributed by atoms with Crippen molar-refractivity contribution in [3.63, 3.8) is 0 Å². The second kappa shape index (κ2) is 6.83. The number of aromatic nitrogens is 4. The van der Waals surface area contributed by atoms with Crippen LogP contribution in [0.3, 0.4) is 0 Å². The van der Waals surface area contributed by atoms with E-state index >= 15 is 0 Å². The van der Waals surface area contributed by atoms with Crippen molar-refractivity contribution in [2.45, 2.75) is 31.3 Å². The van der Waals surface area contributed by atoms with E-state index in [0.717, 1.165) is 28.0 Å². The molecular formula is C17H18N4OS. The molecule has 5 nitrogen and oxygen atoms in total. The fourth-order valence-electron chi connectivity index (χ4n) is 2.31. The number of hydrogen-bond acceptors (Lipinski definition) is 5. The molecule has 2 aromatic heterocycles. The van der Waals surface area contributed by atoms with Crippen LogP contribution in [0.2, 0.25) is 0 Å². The highest BCUT2D eigenvalue weighted by molar-refractivity contribution is 7.98. The predicted molar refractivity (Wildman–Crippen MR) is 91.2 cm³/mol. The Morgan fingerprint density at radius 1 is 1.26 bits per heavy atom. The van der Waals surface area contributed by atoms with Crippen molar-refractivity contribution in [1.29, 1.82) is 0 Å². The average Bonchev–Trinajstić information content (AvgIpc) is 3.12. The molecule has 0 fully saturated rings. The van der Waals surface area contributed by atoms with Crippen LogP contribution < -0.4 is 0 Å². The Bertz CT molecular complexity index is 822. The summed E-state index contributed by atoms with van der Waals surface area (Å²) in [6.07, 6.45) is 1.85. The van der Waals surface area contributed by atoms with Gasteiger partial charge in [-0.3, -0.25) is 4.57 Å². The number of thioether (sulfide) groups is 1. The van der Waals surface area contributed by atoms with Crippen LogP contribution in [0.4, 0.5) is 0 Å². The van der Waals surface area contributed by atoms with Crippen molar-refractivity contribution in [3.05, 3.63) is 60.0 Å². The highest BCUT2D eigenvalue weighted by Gasteiger charge is 2.14. The smallest absolute Gasteiger partial charge is 0.192 e. The normalized spacial score (nSPS) is 10.9. The molecule has 0 radical (unpaired) electrons. The molecule has 0 saturated carbocycles. The lowest BCUT2D eigenvalue weighted by Gasteiger charge is -2.07. The number of aryl methyl sites for hydroxylation is 2. The summed E-state index contributed by atoms with van der Waals surface area (Å²) in [5, 5.41) is 13.4. The molecule has 6 heteroatoms. The minimum absolute atomic E-state index is 0.661. The molecule has 0 unspecified atom stereocenters. The summed E-state index contributed by atoms with van der Waals surface area (Å²) in [6.45, 7) is 8.48. The number of rotatable bonds is 6. The molecule has 0 amide bonds. The van der Waals surface area contributed by atoms with E-state index < -0.39 is 0 Å². The van der Waals surface area contributed by atoms with Gasteiger partial charge in [0, 0.05) is 18.2 Å². The number of benzene rings is 1. The highest BCUT2D eigenvalue weighted by atomic mass is 32.2. The zero-order chi connectivity index (χ0) is 16.2. The van der Waals surface area contributed by atoms with E-state index in [1.54, 1.807) is 11.8 Å². The van der Waals surface area contributed by atoms with Crippen LogP contribution in [-0.4, -0.2) is 19.9 Å². The van der Waals surface area contributed by atoms with E-state index in [9.17, 15) is 0 Å². The fraction of sp³-hybridized carbons (Fsp3) is 0.235. The van der Waals surface area contributed by atoms with E-state index in [4.69, 9.17) is 4.52 Å². The monoisotopic (exact) mass is 326 g/mol. The molecule has 0 bridgehead atoms. The van der Waals surface area contributed by atoms with E-state index in [0.29, 0.717) is 12.3 Å². The molecule has 0 aliphatic heterocycles. The molecule has 0 saturated heterocycles.